The van der Waals surface area contributed by atoms with Gasteiger partial charge in [-0.15, -0.1) is 0 Å². The van der Waals surface area contributed by atoms with Crippen LogP contribution in [0.15, 0.2) is 97.1 Å². The van der Waals surface area contributed by atoms with Crippen LogP contribution in [0.5, 0.6) is 11.5 Å². The van der Waals surface area contributed by atoms with Crippen LogP contribution in [0.3, 0.4) is 0 Å². The molecule has 4 aromatic carbocycles. The molecule has 3 aliphatic rings. The Morgan fingerprint density at radius 1 is 0.535 bits per heavy atom. The van der Waals surface area contributed by atoms with Gasteiger partial charge in [0.25, 0.3) is 0 Å². The summed E-state index contributed by atoms with van der Waals surface area (Å²) < 4.78 is 46.3. The first-order valence-electron chi connectivity index (χ1n) is 14.7. The second-order valence-corrected chi connectivity index (χ2v) is 11.2. The summed E-state index contributed by atoms with van der Waals surface area (Å²) in [4.78, 5) is 15.0. The van der Waals surface area contributed by atoms with Gasteiger partial charge < -0.3 is 24.8 Å². The summed E-state index contributed by atoms with van der Waals surface area (Å²) in [6.07, 6.45) is 0. The maximum atomic E-state index is 15.0. The molecule has 6 atom stereocenters. The minimum Gasteiger partial charge on any atom is -0.491 e. The molecule has 2 fully saturated rings. The normalized spacial score (nSPS) is 27.1. The Morgan fingerprint density at radius 2 is 0.953 bits per heavy atom. The Balaban J connectivity index is 1.42. The average molecular weight is 583 g/mol. The van der Waals surface area contributed by atoms with E-state index in [1.54, 1.807) is 24.3 Å². The molecule has 0 aliphatic carbocycles. The summed E-state index contributed by atoms with van der Waals surface area (Å²) >= 11 is 0. The van der Waals surface area contributed by atoms with Gasteiger partial charge >= 0.3 is 0 Å². The molecule has 0 spiro atoms. The van der Waals surface area contributed by atoms with E-state index in [1.807, 2.05) is 48.5 Å². The lowest BCUT2D eigenvalue weighted by molar-refractivity contribution is -0.139. The standard InChI is InChI=1S/C35H32F2N2O4/c36-23-13-9-21(10-14-23)31-29-33-25-5-1-3-7-27(25)42-19-17-41-18-20-43-28-8-4-2-6-26(28)34(39-33)30(35(29)40)32(38-31)22-11-15-24(37)16-12-22/h1-16,29-34,38-39H,17-20H2. The zero-order valence-electron chi connectivity index (χ0n) is 23.4. The Bertz CT molecular complexity index is 1480. The van der Waals surface area contributed by atoms with Crippen molar-refractivity contribution < 1.29 is 27.8 Å². The highest BCUT2D eigenvalue weighted by Gasteiger charge is 2.56. The highest BCUT2D eigenvalue weighted by Crippen LogP contribution is 2.54. The van der Waals surface area contributed by atoms with Gasteiger partial charge in [0, 0.05) is 35.3 Å². The molecule has 8 heteroatoms. The highest BCUT2D eigenvalue weighted by atomic mass is 19.1. The minimum absolute atomic E-state index is 0.0659. The van der Waals surface area contributed by atoms with Gasteiger partial charge in [-0.3, -0.25) is 4.79 Å². The first kappa shape index (κ1) is 27.7. The van der Waals surface area contributed by atoms with Crippen LogP contribution >= 0.6 is 0 Å². The number of carbonyl (C=O) groups excluding carboxylic acids is 1. The van der Waals surface area contributed by atoms with Crippen LogP contribution in [0.4, 0.5) is 8.78 Å². The third kappa shape index (κ3) is 5.31. The number of piperidine rings is 2. The monoisotopic (exact) mass is 582 g/mol. The van der Waals surface area contributed by atoms with Crippen molar-refractivity contribution in [2.24, 2.45) is 11.8 Å². The lowest BCUT2D eigenvalue weighted by Gasteiger charge is -2.52. The first-order valence-corrected chi connectivity index (χ1v) is 14.7. The van der Waals surface area contributed by atoms with E-state index in [0.717, 1.165) is 22.3 Å². The van der Waals surface area contributed by atoms with Crippen molar-refractivity contribution in [2.75, 3.05) is 26.4 Å². The molecule has 3 heterocycles. The fraction of sp³-hybridized carbons (Fsp3) is 0.286. The molecule has 4 bridgehead atoms. The van der Waals surface area contributed by atoms with E-state index in [-0.39, 0.29) is 17.4 Å². The predicted octanol–water partition coefficient (Wildman–Crippen LogP) is 6.03. The molecule has 2 N–H and O–H groups in total. The minimum atomic E-state index is -0.551. The Labute approximate surface area is 249 Å². The number of para-hydroxylation sites is 2. The lowest BCUT2D eigenvalue weighted by atomic mass is 9.64. The second kappa shape index (κ2) is 11.9. The van der Waals surface area contributed by atoms with Gasteiger partial charge in [0.1, 0.15) is 42.1 Å². The van der Waals surface area contributed by atoms with Gasteiger partial charge in [-0.1, -0.05) is 60.7 Å². The summed E-state index contributed by atoms with van der Waals surface area (Å²) in [6, 6.07) is 26.2. The van der Waals surface area contributed by atoms with Gasteiger partial charge in [-0.25, -0.2) is 8.78 Å². The van der Waals surface area contributed by atoms with E-state index in [4.69, 9.17) is 14.2 Å². The molecule has 0 amide bonds. The molecule has 7 rings (SSSR count). The van der Waals surface area contributed by atoms with E-state index < -0.39 is 36.0 Å². The van der Waals surface area contributed by atoms with Crippen LogP contribution < -0.4 is 20.1 Å². The van der Waals surface area contributed by atoms with Gasteiger partial charge in [-0.2, -0.15) is 0 Å². The van der Waals surface area contributed by atoms with Crippen molar-refractivity contribution in [1.82, 2.24) is 10.6 Å². The van der Waals surface area contributed by atoms with E-state index in [2.05, 4.69) is 10.6 Å². The molecule has 6 nitrogen and oxygen atoms in total. The van der Waals surface area contributed by atoms with E-state index in [0.29, 0.717) is 37.9 Å². The molecule has 43 heavy (non-hydrogen) atoms. The Kier molecular flexibility index (Phi) is 7.65. The van der Waals surface area contributed by atoms with Crippen molar-refractivity contribution in [1.29, 1.82) is 0 Å². The Morgan fingerprint density at radius 3 is 1.42 bits per heavy atom. The average Bonchev–Trinajstić information content (AvgIpc) is 3.02. The van der Waals surface area contributed by atoms with Crippen molar-refractivity contribution in [3.63, 3.8) is 0 Å². The van der Waals surface area contributed by atoms with E-state index in [1.165, 1.54) is 24.3 Å². The molecule has 3 aliphatic heterocycles. The lowest BCUT2D eigenvalue weighted by Crippen LogP contribution is -2.60. The molecule has 2 saturated heterocycles. The summed E-state index contributed by atoms with van der Waals surface area (Å²) in [5.74, 6) is -0.387. The number of fused-ring (bicyclic) bond motifs is 10. The number of rotatable bonds is 2. The van der Waals surface area contributed by atoms with Gasteiger partial charge in [-0.05, 0) is 47.5 Å². The maximum Gasteiger partial charge on any atom is 0.146 e. The van der Waals surface area contributed by atoms with Crippen molar-refractivity contribution in [2.45, 2.75) is 24.2 Å². The number of halogens is 2. The quantitative estimate of drug-likeness (QED) is 0.301. The first-order chi connectivity index (χ1) is 21.1. The zero-order chi connectivity index (χ0) is 29.3. The van der Waals surface area contributed by atoms with Crippen molar-refractivity contribution in [3.05, 3.63) is 131 Å². The molecule has 6 unspecified atom stereocenters. The smallest absolute Gasteiger partial charge is 0.146 e. The summed E-state index contributed by atoms with van der Waals surface area (Å²) in [6.45, 7) is 1.47. The second-order valence-electron chi connectivity index (χ2n) is 11.2. The zero-order valence-corrected chi connectivity index (χ0v) is 23.4. The van der Waals surface area contributed by atoms with Crippen LogP contribution in [0.25, 0.3) is 0 Å². The third-order valence-electron chi connectivity index (χ3n) is 8.75. The van der Waals surface area contributed by atoms with Crippen LogP contribution in [-0.2, 0) is 9.53 Å². The molecule has 220 valence electrons. The maximum absolute atomic E-state index is 15.0. The number of ketones is 1. The highest BCUT2D eigenvalue weighted by molar-refractivity contribution is 5.89. The molecule has 0 saturated carbocycles. The number of benzene rings is 4. The fourth-order valence-corrected chi connectivity index (χ4v) is 6.84. The van der Waals surface area contributed by atoms with Crippen molar-refractivity contribution in [3.8, 4) is 11.5 Å². The predicted molar refractivity (Wildman–Crippen MR) is 157 cm³/mol. The number of nitrogens with one attached hydrogen (secondary N) is 2. The SMILES string of the molecule is O=C1C2C(c3ccc(F)cc3)NC(c3ccc(F)cc3)C1C1NC2c2ccccc2OCCOCCOc2ccccc21. The summed E-state index contributed by atoms with van der Waals surface area (Å²) in [7, 11) is 0. The van der Waals surface area contributed by atoms with Crippen LogP contribution in [0.2, 0.25) is 0 Å². The fourth-order valence-electron chi connectivity index (χ4n) is 6.84. The van der Waals surface area contributed by atoms with E-state index in [9.17, 15) is 13.6 Å². The molecule has 0 radical (unpaired) electrons. The molecular weight excluding hydrogens is 550 g/mol. The topological polar surface area (TPSA) is 68.8 Å². The van der Waals surface area contributed by atoms with Gasteiger partial charge in [0.05, 0.1) is 25.0 Å². The third-order valence-corrected chi connectivity index (χ3v) is 8.75. The number of carbonyl (C=O) groups is 1. The van der Waals surface area contributed by atoms with Crippen LogP contribution in [0, 0.1) is 23.5 Å². The van der Waals surface area contributed by atoms with Crippen molar-refractivity contribution >= 4 is 5.78 Å². The number of Topliss-reactive ketones (excluding diaryl/α,β-unsaturated/α-hetero) is 1. The summed E-state index contributed by atoms with van der Waals surface area (Å²) in [5, 5.41) is 7.65. The number of ether oxygens (including phenoxy) is 3. The summed E-state index contributed by atoms with van der Waals surface area (Å²) in [5.41, 5.74) is 3.30. The Hall–Kier alpha value is -4.11. The van der Waals surface area contributed by atoms with Crippen LogP contribution in [0.1, 0.15) is 46.4 Å². The van der Waals surface area contributed by atoms with Gasteiger partial charge in [0.15, 0.2) is 0 Å². The molecule has 0 aromatic heterocycles. The van der Waals surface area contributed by atoms with Crippen LogP contribution in [-0.4, -0.2) is 32.2 Å². The number of hydrogen-bond donors (Lipinski definition) is 2. The van der Waals surface area contributed by atoms with Gasteiger partial charge in [0.2, 0.25) is 0 Å². The largest absolute Gasteiger partial charge is 0.491 e. The molecule has 4 aromatic rings. The van der Waals surface area contributed by atoms with E-state index >= 15 is 0 Å². The molecular formula is C35H32F2N2O4. The number of hydrogen-bond acceptors (Lipinski definition) is 6.